The summed E-state index contributed by atoms with van der Waals surface area (Å²) in [5, 5.41) is 29.8. The first-order chi connectivity index (χ1) is 9.67. The van der Waals surface area contributed by atoms with Crippen LogP contribution in [-0.2, 0) is 4.74 Å². The molecule has 8 nitrogen and oxygen atoms in total. The van der Waals surface area contributed by atoms with Crippen molar-refractivity contribution in [3.63, 3.8) is 0 Å². The first-order valence-electron chi connectivity index (χ1n) is 6.01. The standard InChI is InChI=1S/C11H14N4O4S/c1-20-11-6-9(13-3-12-6)14-4-15(11)10-8(18)7(17)5(2-16)19-10/h3-5,7-8,10,16-18H,2H2,1H3/t5-,7+,8-,10-/m1/s1. The van der Waals surface area contributed by atoms with Gasteiger partial charge in [-0.1, -0.05) is 0 Å². The number of aliphatic hydroxyl groups is 3. The van der Waals surface area contributed by atoms with Crippen molar-refractivity contribution in [2.75, 3.05) is 12.9 Å². The lowest BCUT2D eigenvalue weighted by Gasteiger charge is -2.22. The molecule has 9 heteroatoms. The molecule has 0 bridgehead atoms. The van der Waals surface area contributed by atoms with E-state index in [-0.39, 0.29) is 6.61 Å². The number of ether oxygens (including phenoxy) is 1. The summed E-state index contributed by atoms with van der Waals surface area (Å²) in [6.45, 7) is -0.365. The zero-order valence-corrected chi connectivity index (χ0v) is 11.4. The van der Waals surface area contributed by atoms with Crippen molar-refractivity contribution in [3.05, 3.63) is 12.7 Å². The van der Waals surface area contributed by atoms with E-state index in [0.29, 0.717) is 11.5 Å². The fourth-order valence-corrected chi connectivity index (χ4v) is 2.99. The van der Waals surface area contributed by atoms with Crippen molar-refractivity contribution in [1.82, 2.24) is 19.5 Å². The van der Waals surface area contributed by atoms with Gasteiger partial charge in [0, 0.05) is 0 Å². The Morgan fingerprint density at radius 2 is 2.10 bits per heavy atom. The maximum absolute atomic E-state index is 10.1. The molecule has 20 heavy (non-hydrogen) atoms. The molecule has 0 aliphatic carbocycles. The molecule has 0 aromatic rings. The van der Waals surface area contributed by atoms with Gasteiger partial charge < -0.3 is 20.1 Å². The van der Waals surface area contributed by atoms with Crippen LogP contribution in [0, 0.1) is 0 Å². The summed E-state index contributed by atoms with van der Waals surface area (Å²) in [5.74, 6) is 0.511. The van der Waals surface area contributed by atoms with E-state index in [2.05, 4.69) is 15.0 Å². The van der Waals surface area contributed by atoms with E-state index in [1.54, 1.807) is 4.57 Å². The summed E-state index contributed by atoms with van der Waals surface area (Å²) in [6.07, 6.45) is 0.833. The highest BCUT2D eigenvalue weighted by molar-refractivity contribution is 7.98. The molecule has 4 atom stereocenters. The maximum atomic E-state index is 10.1. The molecule has 3 aliphatic rings. The molecule has 3 N–H and O–H groups in total. The molecule has 3 heterocycles. The zero-order chi connectivity index (χ0) is 14.3. The Hall–Kier alpha value is -1.26. The fraction of sp³-hybridized carbons (Fsp3) is 0.545. The van der Waals surface area contributed by atoms with E-state index in [1.165, 1.54) is 24.4 Å². The zero-order valence-electron chi connectivity index (χ0n) is 10.6. The summed E-state index contributed by atoms with van der Waals surface area (Å²) in [4.78, 5) is 12.3. The van der Waals surface area contributed by atoms with Crippen LogP contribution in [-0.4, -0.2) is 66.0 Å². The van der Waals surface area contributed by atoms with Crippen LogP contribution < -0.4 is 0 Å². The molecule has 0 amide bonds. The Kier molecular flexibility index (Phi) is 3.61. The topological polar surface area (TPSA) is 114 Å². The molecular weight excluding hydrogens is 284 g/mol. The highest BCUT2D eigenvalue weighted by Crippen LogP contribution is 2.35. The van der Waals surface area contributed by atoms with Crippen LogP contribution in [0.15, 0.2) is 17.7 Å². The lowest BCUT2D eigenvalue weighted by molar-refractivity contribution is -0.0572. The summed E-state index contributed by atoms with van der Waals surface area (Å²) in [5.41, 5.74) is 0.609. The number of rotatable bonds is 3. The summed E-state index contributed by atoms with van der Waals surface area (Å²) in [7, 11) is 0. The molecule has 1 fully saturated rings. The van der Waals surface area contributed by atoms with Gasteiger partial charge in [-0.25, -0.2) is 15.0 Å². The molecule has 0 spiro atoms. The number of thioether (sulfide) groups is 1. The minimum atomic E-state index is -1.15. The average Bonchev–Trinajstić information content (AvgIpc) is 3.04. The largest absolute Gasteiger partial charge is 0.394 e. The predicted octanol–water partition coefficient (Wildman–Crippen LogP) is -0.889. The number of nitrogens with zero attached hydrogens (tertiary/aromatic N) is 4. The Bertz CT molecular complexity index is 580. The van der Waals surface area contributed by atoms with Crippen LogP contribution in [0.25, 0.3) is 11.5 Å². The second-order valence-corrected chi connectivity index (χ2v) is 5.23. The molecule has 0 radical (unpaired) electrons. The molecule has 0 aromatic heterocycles. The first kappa shape index (κ1) is 13.7. The van der Waals surface area contributed by atoms with Crippen molar-refractivity contribution < 1.29 is 20.1 Å². The summed E-state index contributed by atoms with van der Waals surface area (Å²) >= 11 is 1.41. The highest BCUT2D eigenvalue weighted by atomic mass is 32.2. The van der Waals surface area contributed by atoms with Crippen molar-refractivity contribution in [3.8, 4) is 11.5 Å². The number of hydrogen-bond donors (Lipinski definition) is 3. The van der Waals surface area contributed by atoms with Gasteiger partial charge in [-0.05, 0) is 6.26 Å². The first-order valence-corrected chi connectivity index (χ1v) is 7.23. The van der Waals surface area contributed by atoms with Gasteiger partial charge in [0.1, 0.15) is 41.7 Å². The van der Waals surface area contributed by atoms with Gasteiger partial charge >= 0.3 is 0 Å². The lowest BCUT2D eigenvalue weighted by atomic mass is 10.1. The van der Waals surface area contributed by atoms with Crippen molar-refractivity contribution in [2.24, 2.45) is 0 Å². The van der Waals surface area contributed by atoms with E-state index < -0.39 is 24.5 Å². The summed E-state index contributed by atoms with van der Waals surface area (Å²) < 4.78 is 7.10. The van der Waals surface area contributed by atoms with Gasteiger partial charge in [0.25, 0.3) is 0 Å². The number of fused-ring (bicyclic) bond motifs is 1. The number of aromatic nitrogens is 4. The predicted molar refractivity (Wildman–Crippen MR) is 69.2 cm³/mol. The minimum absolute atomic E-state index is 0.365. The Morgan fingerprint density at radius 3 is 2.75 bits per heavy atom. The van der Waals surface area contributed by atoms with Gasteiger partial charge in [0.15, 0.2) is 12.1 Å². The van der Waals surface area contributed by atoms with Gasteiger partial charge in [0.2, 0.25) is 0 Å². The van der Waals surface area contributed by atoms with Crippen LogP contribution >= 0.6 is 11.8 Å². The van der Waals surface area contributed by atoms with Gasteiger partial charge in [-0.3, -0.25) is 4.57 Å². The van der Waals surface area contributed by atoms with Crippen molar-refractivity contribution >= 4 is 11.8 Å². The summed E-state index contributed by atoms with van der Waals surface area (Å²) in [6, 6.07) is 0. The molecule has 3 aliphatic heterocycles. The Labute approximate surface area is 118 Å². The van der Waals surface area contributed by atoms with Crippen LogP contribution in [0.4, 0.5) is 0 Å². The molecule has 0 unspecified atom stereocenters. The van der Waals surface area contributed by atoms with Crippen molar-refractivity contribution in [1.29, 1.82) is 0 Å². The third kappa shape index (κ3) is 1.98. The van der Waals surface area contributed by atoms with Gasteiger partial charge in [0.05, 0.1) is 6.61 Å². The normalized spacial score (nSPS) is 30.2. The van der Waals surface area contributed by atoms with Crippen LogP contribution in [0.3, 0.4) is 0 Å². The van der Waals surface area contributed by atoms with E-state index in [1.807, 2.05) is 6.26 Å². The minimum Gasteiger partial charge on any atom is -0.394 e. The average molecular weight is 298 g/mol. The fourth-order valence-electron chi connectivity index (χ4n) is 2.29. The molecule has 0 saturated carbocycles. The molecular formula is C11H14N4O4S. The second-order valence-electron chi connectivity index (χ2n) is 4.44. The van der Waals surface area contributed by atoms with Crippen LogP contribution in [0.1, 0.15) is 6.23 Å². The van der Waals surface area contributed by atoms with Gasteiger partial charge in [-0.15, -0.1) is 11.8 Å². The van der Waals surface area contributed by atoms with E-state index in [9.17, 15) is 10.2 Å². The third-order valence-electron chi connectivity index (χ3n) is 3.30. The van der Waals surface area contributed by atoms with Crippen LogP contribution in [0.5, 0.6) is 0 Å². The quantitative estimate of drug-likeness (QED) is 0.494. The van der Waals surface area contributed by atoms with E-state index >= 15 is 0 Å². The van der Waals surface area contributed by atoms with Gasteiger partial charge in [-0.2, -0.15) is 0 Å². The number of aliphatic hydroxyl groups excluding tert-OH is 3. The lowest BCUT2D eigenvalue weighted by Crippen LogP contribution is -2.33. The smallest absolute Gasteiger partial charge is 0.183 e. The third-order valence-corrected chi connectivity index (χ3v) is 4.10. The molecule has 108 valence electrons. The van der Waals surface area contributed by atoms with E-state index in [0.717, 1.165) is 5.03 Å². The SMILES string of the molecule is CSc1c2ncnc-2ncn1[C@@H]1O[C@H](CO)[C@H](O)[C@H]1O. The van der Waals surface area contributed by atoms with E-state index in [4.69, 9.17) is 9.84 Å². The Morgan fingerprint density at radius 1 is 1.30 bits per heavy atom. The second kappa shape index (κ2) is 5.26. The molecule has 0 aromatic carbocycles. The number of hydrogen-bond acceptors (Lipinski definition) is 8. The highest BCUT2D eigenvalue weighted by Gasteiger charge is 2.44. The maximum Gasteiger partial charge on any atom is 0.183 e. The monoisotopic (exact) mass is 298 g/mol. The van der Waals surface area contributed by atoms with Crippen molar-refractivity contribution in [2.45, 2.75) is 29.6 Å². The van der Waals surface area contributed by atoms with Crippen LogP contribution in [0.2, 0.25) is 0 Å². The molecule has 1 saturated heterocycles. The molecule has 3 rings (SSSR count). The Balaban J connectivity index is 2.04. The number of imidazole rings is 1.